The van der Waals surface area contributed by atoms with Gasteiger partial charge >= 0.3 is 0 Å². The molecule has 0 bridgehead atoms. The van der Waals surface area contributed by atoms with Crippen LogP contribution in [0.1, 0.15) is 25.3 Å². The smallest absolute Gasteiger partial charge is 0.135 e. The summed E-state index contributed by atoms with van der Waals surface area (Å²) in [6.07, 6.45) is 7.28. The van der Waals surface area contributed by atoms with Crippen LogP contribution in [0.15, 0.2) is 36.7 Å². The minimum Gasteiger partial charge on any atom is -0.383 e. The maximum atomic E-state index is 6.25. The van der Waals surface area contributed by atoms with Gasteiger partial charge in [-0.15, -0.1) is 0 Å². The zero-order valence-corrected chi connectivity index (χ0v) is 14.5. The van der Waals surface area contributed by atoms with E-state index in [1.165, 1.54) is 0 Å². The Hall–Kier alpha value is -2.93. The molecule has 3 N–H and O–H groups in total. The monoisotopic (exact) mass is 348 g/mol. The molecule has 1 aromatic carbocycles. The summed E-state index contributed by atoms with van der Waals surface area (Å²) < 4.78 is 7.54. The number of fused-ring (bicyclic) bond motifs is 3. The molecule has 2 atom stereocenters. The van der Waals surface area contributed by atoms with E-state index in [-0.39, 0.29) is 0 Å². The lowest BCUT2D eigenvalue weighted by Gasteiger charge is -2.10. The van der Waals surface area contributed by atoms with E-state index in [2.05, 4.69) is 21.2 Å². The molecule has 3 heterocycles. The molecule has 1 fully saturated rings. The minimum absolute atomic E-state index is 0.316. The van der Waals surface area contributed by atoms with Crippen molar-refractivity contribution in [3.63, 3.8) is 0 Å². The third-order valence-electron chi connectivity index (χ3n) is 5.36. The standard InChI is InChI=1S/C19H20N6O/c1-26-13-4-3-12(9-13)25-10-15-18(24-25)14-5-2-11(16-6-7-21-23-16)8-17(14)22-19(15)20/h2,5-8,10,12-13H,3-4,9H2,1H3,(H2,20,22)(H,21,23). The van der Waals surface area contributed by atoms with Crippen molar-refractivity contribution in [2.45, 2.75) is 31.4 Å². The number of pyridine rings is 1. The van der Waals surface area contributed by atoms with Crippen LogP contribution in [0.4, 0.5) is 5.82 Å². The van der Waals surface area contributed by atoms with Gasteiger partial charge in [0, 0.05) is 30.5 Å². The Kier molecular flexibility index (Phi) is 3.43. The minimum atomic E-state index is 0.316. The van der Waals surface area contributed by atoms with E-state index in [1.54, 1.807) is 13.3 Å². The summed E-state index contributed by atoms with van der Waals surface area (Å²) in [5.74, 6) is 0.513. The number of aromatic nitrogens is 5. The van der Waals surface area contributed by atoms with E-state index in [9.17, 15) is 0 Å². The van der Waals surface area contributed by atoms with Crippen LogP contribution in [-0.2, 0) is 4.74 Å². The van der Waals surface area contributed by atoms with Gasteiger partial charge < -0.3 is 10.5 Å². The van der Waals surface area contributed by atoms with E-state index in [0.29, 0.717) is 18.0 Å². The third-order valence-corrected chi connectivity index (χ3v) is 5.36. The van der Waals surface area contributed by atoms with Crippen molar-refractivity contribution in [2.75, 3.05) is 12.8 Å². The first kappa shape index (κ1) is 15.3. The maximum absolute atomic E-state index is 6.25. The molecule has 0 spiro atoms. The Morgan fingerprint density at radius 3 is 2.92 bits per heavy atom. The average molecular weight is 348 g/mol. The fourth-order valence-electron chi connectivity index (χ4n) is 3.93. The predicted molar refractivity (Wildman–Crippen MR) is 101 cm³/mol. The van der Waals surface area contributed by atoms with Gasteiger partial charge in [-0.2, -0.15) is 10.2 Å². The number of nitrogens with zero attached hydrogens (tertiary/aromatic N) is 4. The predicted octanol–water partition coefficient (Wildman–Crippen LogP) is 3.30. The maximum Gasteiger partial charge on any atom is 0.135 e. The molecule has 0 saturated heterocycles. The highest BCUT2D eigenvalue weighted by atomic mass is 16.5. The number of H-pyrrole nitrogens is 1. The number of hydrogen-bond acceptors (Lipinski definition) is 5. The van der Waals surface area contributed by atoms with E-state index < -0.39 is 0 Å². The first-order valence-electron chi connectivity index (χ1n) is 8.84. The highest BCUT2D eigenvalue weighted by Crippen LogP contribution is 2.35. The summed E-state index contributed by atoms with van der Waals surface area (Å²) in [6, 6.07) is 8.40. The summed E-state index contributed by atoms with van der Waals surface area (Å²) in [4.78, 5) is 4.61. The second kappa shape index (κ2) is 5.81. The van der Waals surface area contributed by atoms with E-state index in [0.717, 1.165) is 52.3 Å². The summed E-state index contributed by atoms with van der Waals surface area (Å²) >= 11 is 0. The summed E-state index contributed by atoms with van der Waals surface area (Å²) in [5.41, 5.74) is 9.87. The lowest BCUT2D eigenvalue weighted by molar-refractivity contribution is 0.105. The van der Waals surface area contributed by atoms with Gasteiger partial charge in [-0.1, -0.05) is 6.07 Å². The SMILES string of the molecule is COC1CCC(n2cc3c(N)nc4cc(-c5cc[nH]n5)ccc4c3n2)C1. The van der Waals surface area contributed by atoms with Crippen LogP contribution in [0.3, 0.4) is 0 Å². The molecule has 3 aromatic heterocycles. The Balaban J connectivity index is 1.63. The molecule has 1 aliphatic rings. The summed E-state index contributed by atoms with van der Waals surface area (Å²) in [6.45, 7) is 0. The lowest BCUT2D eigenvalue weighted by Crippen LogP contribution is -2.09. The summed E-state index contributed by atoms with van der Waals surface area (Å²) in [7, 11) is 1.78. The molecule has 26 heavy (non-hydrogen) atoms. The second-order valence-corrected chi connectivity index (χ2v) is 6.88. The Morgan fingerprint density at radius 1 is 1.23 bits per heavy atom. The zero-order chi connectivity index (χ0) is 17.7. The molecule has 1 aliphatic carbocycles. The molecule has 4 aromatic rings. The average Bonchev–Trinajstić information content (AvgIpc) is 3.40. The topological polar surface area (TPSA) is 94.6 Å². The number of anilines is 1. The first-order chi connectivity index (χ1) is 12.7. The molecular formula is C19H20N6O. The van der Waals surface area contributed by atoms with Gasteiger partial charge in [0.05, 0.1) is 28.7 Å². The van der Waals surface area contributed by atoms with Crippen molar-refractivity contribution in [1.82, 2.24) is 25.0 Å². The molecule has 132 valence electrons. The van der Waals surface area contributed by atoms with Crippen molar-refractivity contribution in [3.05, 3.63) is 36.7 Å². The van der Waals surface area contributed by atoms with Gasteiger partial charge in [-0.25, -0.2) is 4.98 Å². The number of rotatable bonds is 3. The van der Waals surface area contributed by atoms with Crippen molar-refractivity contribution in [3.8, 4) is 11.3 Å². The highest BCUT2D eigenvalue weighted by molar-refractivity contribution is 6.08. The van der Waals surface area contributed by atoms with Crippen molar-refractivity contribution < 1.29 is 4.74 Å². The second-order valence-electron chi connectivity index (χ2n) is 6.88. The number of hydrogen-bond donors (Lipinski definition) is 2. The zero-order valence-electron chi connectivity index (χ0n) is 14.5. The molecular weight excluding hydrogens is 328 g/mol. The first-order valence-corrected chi connectivity index (χ1v) is 8.84. The van der Waals surface area contributed by atoms with Gasteiger partial charge in [0.25, 0.3) is 0 Å². The van der Waals surface area contributed by atoms with Crippen LogP contribution in [0, 0.1) is 0 Å². The van der Waals surface area contributed by atoms with Gasteiger partial charge in [0.2, 0.25) is 0 Å². The van der Waals surface area contributed by atoms with Crippen LogP contribution in [0.25, 0.3) is 33.1 Å². The van der Waals surface area contributed by atoms with Crippen LogP contribution >= 0.6 is 0 Å². The summed E-state index contributed by atoms with van der Waals surface area (Å²) in [5, 5.41) is 13.9. The molecule has 0 radical (unpaired) electrons. The van der Waals surface area contributed by atoms with Crippen LogP contribution < -0.4 is 5.73 Å². The van der Waals surface area contributed by atoms with E-state index in [4.69, 9.17) is 15.6 Å². The molecule has 0 amide bonds. The van der Waals surface area contributed by atoms with Gasteiger partial charge in [-0.3, -0.25) is 9.78 Å². The number of ether oxygens (including phenoxy) is 1. The molecule has 7 heteroatoms. The molecule has 2 unspecified atom stereocenters. The van der Waals surface area contributed by atoms with E-state index >= 15 is 0 Å². The number of aromatic amines is 1. The van der Waals surface area contributed by atoms with E-state index in [1.807, 2.05) is 29.1 Å². The molecule has 5 rings (SSSR count). The third kappa shape index (κ3) is 2.35. The molecule has 1 saturated carbocycles. The number of methoxy groups -OCH3 is 1. The van der Waals surface area contributed by atoms with Crippen molar-refractivity contribution in [2.24, 2.45) is 0 Å². The number of nitrogen functional groups attached to an aromatic ring is 1. The van der Waals surface area contributed by atoms with Crippen molar-refractivity contribution >= 4 is 27.6 Å². The van der Waals surface area contributed by atoms with Crippen LogP contribution in [0.2, 0.25) is 0 Å². The Labute approximate surface area is 150 Å². The normalized spacial score (nSPS) is 20.3. The van der Waals surface area contributed by atoms with Gasteiger partial charge in [0.1, 0.15) is 11.3 Å². The molecule has 0 aliphatic heterocycles. The van der Waals surface area contributed by atoms with Gasteiger partial charge in [0.15, 0.2) is 0 Å². The van der Waals surface area contributed by atoms with Crippen LogP contribution in [-0.4, -0.2) is 38.2 Å². The highest BCUT2D eigenvalue weighted by Gasteiger charge is 2.27. The fourth-order valence-corrected chi connectivity index (χ4v) is 3.93. The number of benzene rings is 1. The van der Waals surface area contributed by atoms with Gasteiger partial charge in [-0.05, 0) is 37.5 Å². The fraction of sp³-hybridized carbons (Fsp3) is 0.316. The Morgan fingerprint density at radius 2 is 2.15 bits per heavy atom. The number of nitrogens with two attached hydrogens (primary N) is 1. The van der Waals surface area contributed by atoms with Crippen molar-refractivity contribution in [1.29, 1.82) is 0 Å². The largest absolute Gasteiger partial charge is 0.383 e. The molecule has 7 nitrogen and oxygen atoms in total. The quantitative estimate of drug-likeness (QED) is 0.592. The number of nitrogens with one attached hydrogen (secondary N) is 1. The van der Waals surface area contributed by atoms with Crippen LogP contribution in [0.5, 0.6) is 0 Å². The Bertz CT molecular complexity index is 1080. The lowest BCUT2D eigenvalue weighted by atomic mass is 10.1.